The van der Waals surface area contributed by atoms with Gasteiger partial charge in [0.2, 0.25) is 0 Å². The Morgan fingerprint density at radius 1 is 1.26 bits per heavy atom. The molecule has 0 amide bonds. The molecule has 3 aromatic rings. The lowest BCUT2D eigenvalue weighted by Gasteiger charge is -2.30. The van der Waals surface area contributed by atoms with Crippen LogP contribution in [0.15, 0.2) is 36.4 Å². The van der Waals surface area contributed by atoms with Gasteiger partial charge in [-0.2, -0.15) is 5.26 Å². The molecule has 2 aliphatic rings. The van der Waals surface area contributed by atoms with E-state index in [9.17, 15) is 15.2 Å². The number of phenols is 1. The van der Waals surface area contributed by atoms with Gasteiger partial charge in [-0.1, -0.05) is 47.5 Å². The van der Waals surface area contributed by atoms with Crippen LogP contribution in [-0.4, -0.2) is 43.1 Å². The van der Waals surface area contributed by atoms with Gasteiger partial charge in [0.05, 0.1) is 39.7 Å². The molecule has 5 rings (SSSR count). The van der Waals surface area contributed by atoms with Gasteiger partial charge in [0, 0.05) is 18.9 Å². The highest BCUT2D eigenvalue weighted by molar-refractivity contribution is 6.37. The number of alkyl halides is 2. The maximum absolute atomic E-state index is 15.0. The molecule has 12 heteroatoms. The number of halogens is 4. The minimum Gasteiger partial charge on any atom is -0.505 e. The van der Waals surface area contributed by atoms with Crippen LogP contribution in [0.1, 0.15) is 62.2 Å². The molecule has 0 unspecified atom stereocenters. The minimum absolute atomic E-state index is 0.0130. The van der Waals surface area contributed by atoms with Gasteiger partial charge in [-0.15, -0.1) is 5.10 Å². The van der Waals surface area contributed by atoms with Gasteiger partial charge in [0.25, 0.3) is 5.92 Å². The Labute approximate surface area is 233 Å². The largest absolute Gasteiger partial charge is 0.505 e. The number of carbonyl (C=O) groups excluding carboxylic acids is 1. The number of hydrogen-bond acceptors (Lipinski definition) is 7. The van der Waals surface area contributed by atoms with Gasteiger partial charge in [-0.05, 0) is 65.8 Å². The topological polar surface area (TPSA) is 117 Å². The summed E-state index contributed by atoms with van der Waals surface area (Å²) < 4.78 is 31.8. The number of phenolic OH excluding ortho intramolecular Hbond substituents is 1. The molecule has 1 aromatic heterocycles. The summed E-state index contributed by atoms with van der Waals surface area (Å²) in [6, 6.07) is 9.27. The number of nitriles is 1. The number of nitrogens with one attached hydrogen (secondary N) is 1. The molecule has 0 spiro atoms. The highest BCUT2D eigenvalue weighted by Crippen LogP contribution is 2.48. The highest BCUT2D eigenvalue weighted by Gasteiger charge is 2.47. The molecule has 8 nitrogen and oxygen atoms in total. The van der Waals surface area contributed by atoms with Gasteiger partial charge in [-0.3, -0.25) is 10.1 Å². The third kappa shape index (κ3) is 6.06. The number of tetrazole rings is 1. The number of Topliss-reactive ketones (excluding diaryl/α,β-unsaturated/α-hetero) is 1. The first kappa shape index (κ1) is 27.4. The third-order valence-corrected chi connectivity index (χ3v) is 7.85. The zero-order valence-electron chi connectivity index (χ0n) is 21.0. The maximum Gasteiger partial charge on any atom is 0.264 e. The molecule has 1 heterocycles. The van der Waals surface area contributed by atoms with Crippen molar-refractivity contribution in [2.75, 3.05) is 0 Å². The van der Waals surface area contributed by atoms with E-state index in [1.54, 1.807) is 28.9 Å². The van der Waals surface area contributed by atoms with E-state index < -0.39 is 23.4 Å². The Morgan fingerprint density at radius 2 is 1.90 bits per heavy atom. The number of rotatable bonds is 11. The molecular weight excluding hydrogens is 549 g/mol. The normalized spacial score (nSPS) is 17.8. The van der Waals surface area contributed by atoms with Crippen molar-refractivity contribution in [3.05, 3.63) is 57.6 Å². The van der Waals surface area contributed by atoms with Gasteiger partial charge in [0.1, 0.15) is 0 Å². The second-order valence-electron chi connectivity index (χ2n) is 10.6. The van der Waals surface area contributed by atoms with E-state index >= 15 is 8.78 Å². The van der Waals surface area contributed by atoms with Crippen molar-refractivity contribution < 1.29 is 18.7 Å². The van der Waals surface area contributed by atoms with Gasteiger partial charge in [0.15, 0.2) is 17.4 Å². The molecule has 2 aliphatic carbocycles. The van der Waals surface area contributed by atoms with E-state index in [1.807, 2.05) is 0 Å². The standard InChI is InChI=1S/C27H26Cl2F2N6O2/c1-26(30,31)24(16-2-4-17(5-3-16)25-34-35-36-37(25)18-6-7-18)33-21(22(38)13-27(14-32)8-9-27)12-15-10-19(28)23(39)20(29)11-15/h2-5,10-11,18,21,24,33,39H,6-9,12-13H2,1H3/t21-,24-/m0/s1. The second kappa shape index (κ2) is 10.5. The van der Waals surface area contributed by atoms with Crippen LogP contribution < -0.4 is 5.32 Å². The lowest BCUT2D eigenvalue weighted by atomic mass is 9.91. The first-order valence-electron chi connectivity index (χ1n) is 12.6. The van der Waals surface area contributed by atoms with Gasteiger partial charge < -0.3 is 5.11 Å². The molecule has 0 radical (unpaired) electrons. The number of hydrogen-bond donors (Lipinski definition) is 2. The summed E-state index contributed by atoms with van der Waals surface area (Å²) in [4.78, 5) is 13.4. The van der Waals surface area contributed by atoms with E-state index in [4.69, 9.17) is 23.2 Å². The fourth-order valence-electron chi connectivity index (χ4n) is 4.68. The third-order valence-electron chi connectivity index (χ3n) is 7.27. The summed E-state index contributed by atoms with van der Waals surface area (Å²) in [5.41, 5.74) is 0.701. The van der Waals surface area contributed by atoms with Crippen molar-refractivity contribution in [2.24, 2.45) is 5.41 Å². The van der Waals surface area contributed by atoms with Crippen LogP contribution >= 0.6 is 23.2 Å². The average molecular weight is 575 g/mol. The summed E-state index contributed by atoms with van der Waals surface area (Å²) in [7, 11) is 0. The Balaban J connectivity index is 1.43. The van der Waals surface area contributed by atoms with E-state index in [0.29, 0.717) is 29.8 Å². The number of carbonyl (C=O) groups is 1. The van der Waals surface area contributed by atoms with Crippen molar-refractivity contribution in [1.29, 1.82) is 5.26 Å². The summed E-state index contributed by atoms with van der Waals surface area (Å²) in [6.07, 6.45) is 3.10. The molecular formula is C27H26Cl2F2N6O2. The molecule has 2 fully saturated rings. The summed E-state index contributed by atoms with van der Waals surface area (Å²) >= 11 is 12.1. The fourth-order valence-corrected chi connectivity index (χ4v) is 5.21. The summed E-state index contributed by atoms with van der Waals surface area (Å²) in [5.74, 6) is -3.34. The van der Waals surface area contributed by atoms with Crippen molar-refractivity contribution in [1.82, 2.24) is 25.5 Å². The van der Waals surface area contributed by atoms with Crippen LogP contribution in [0, 0.1) is 16.7 Å². The zero-order chi connectivity index (χ0) is 27.9. The lowest BCUT2D eigenvalue weighted by molar-refractivity contribution is -0.123. The van der Waals surface area contributed by atoms with E-state index in [-0.39, 0.29) is 46.0 Å². The minimum atomic E-state index is -3.24. The summed E-state index contributed by atoms with van der Waals surface area (Å²) in [6.45, 7) is 0.791. The highest BCUT2D eigenvalue weighted by atomic mass is 35.5. The predicted molar refractivity (Wildman–Crippen MR) is 141 cm³/mol. The number of aromatic hydroxyl groups is 1. The Bertz CT molecular complexity index is 1400. The number of ketones is 1. The quantitative estimate of drug-likeness (QED) is 0.295. The lowest BCUT2D eigenvalue weighted by Crippen LogP contribution is -2.46. The van der Waals surface area contributed by atoms with Crippen LogP contribution in [0.4, 0.5) is 8.78 Å². The number of nitrogens with zero attached hydrogens (tertiary/aromatic N) is 5. The maximum atomic E-state index is 15.0. The first-order chi connectivity index (χ1) is 18.5. The van der Waals surface area contributed by atoms with Crippen molar-refractivity contribution in [3.8, 4) is 23.2 Å². The van der Waals surface area contributed by atoms with E-state index in [0.717, 1.165) is 19.8 Å². The van der Waals surface area contributed by atoms with Crippen LogP contribution in [0.25, 0.3) is 11.4 Å². The Kier molecular flexibility index (Phi) is 7.35. The van der Waals surface area contributed by atoms with E-state index in [1.165, 1.54) is 12.1 Å². The molecule has 2 atom stereocenters. The molecule has 39 heavy (non-hydrogen) atoms. The SMILES string of the molecule is CC(F)(F)[C@@H](N[C@@H](Cc1cc(Cl)c(O)c(Cl)c1)C(=O)CC1(C#N)CC1)c1ccc(-c2nnnn2C2CC2)cc1. The van der Waals surface area contributed by atoms with Crippen molar-refractivity contribution >= 4 is 29.0 Å². The van der Waals surface area contributed by atoms with Gasteiger partial charge >= 0.3 is 0 Å². The molecule has 2 saturated carbocycles. The predicted octanol–water partition coefficient (Wildman–Crippen LogP) is 5.85. The average Bonchev–Trinajstić information content (AvgIpc) is 3.83. The molecule has 0 aliphatic heterocycles. The van der Waals surface area contributed by atoms with Crippen LogP contribution in [0.5, 0.6) is 5.75 Å². The molecule has 0 saturated heterocycles. The monoisotopic (exact) mass is 574 g/mol. The smallest absolute Gasteiger partial charge is 0.264 e. The molecule has 0 bridgehead atoms. The molecule has 2 aromatic carbocycles. The first-order valence-corrected chi connectivity index (χ1v) is 13.4. The van der Waals surface area contributed by atoms with E-state index in [2.05, 4.69) is 26.9 Å². The number of benzene rings is 2. The van der Waals surface area contributed by atoms with Crippen LogP contribution in [-0.2, 0) is 11.2 Å². The fraction of sp³-hybridized carbons (Fsp3) is 0.444. The molecule has 2 N–H and O–H groups in total. The van der Waals surface area contributed by atoms with Crippen LogP contribution in [0.2, 0.25) is 10.0 Å². The zero-order valence-corrected chi connectivity index (χ0v) is 22.6. The Hall–Kier alpha value is -3.13. The second-order valence-corrected chi connectivity index (χ2v) is 11.4. The van der Waals surface area contributed by atoms with Crippen molar-refractivity contribution in [2.45, 2.75) is 69.5 Å². The summed E-state index contributed by atoms with van der Waals surface area (Å²) in [5, 5.41) is 34.1. The Morgan fingerprint density at radius 3 is 2.44 bits per heavy atom. The van der Waals surface area contributed by atoms with Crippen LogP contribution in [0.3, 0.4) is 0 Å². The number of aromatic nitrogens is 4. The van der Waals surface area contributed by atoms with Gasteiger partial charge in [-0.25, -0.2) is 13.5 Å². The van der Waals surface area contributed by atoms with Crippen molar-refractivity contribution in [3.63, 3.8) is 0 Å². The molecule has 204 valence electrons.